The van der Waals surface area contributed by atoms with Gasteiger partial charge < -0.3 is 15.7 Å². The van der Waals surface area contributed by atoms with E-state index in [1.807, 2.05) is 44.2 Å². The molecule has 0 heterocycles. The molecule has 0 fully saturated rings. The lowest BCUT2D eigenvalue weighted by molar-refractivity contribution is 0.170. The highest BCUT2D eigenvalue weighted by atomic mass is 127. The number of hydrogen-bond donors (Lipinski definition) is 3. The Morgan fingerprint density at radius 1 is 1.16 bits per heavy atom. The molecule has 4 nitrogen and oxygen atoms in total. The molecular formula is C14H24IN3O. The minimum atomic E-state index is -0.445. The van der Waals surface area contributed by atoms with Gasteiger partial charge in [-0.25, -0.2) is 0 Å². The maximum Gasteiger partial charge on any atom is 0.191 e. The SMILES string of the molecule is CCNC(=NCCC(O)c1ccccc1)NCC.I. The van der Waals surface area contributed by atoms with Crippen LogP contribution in [0.5, 0.6) is 0 Å². The molecule has 5 heteroatoms. The van der Waals surface area contributed by atoms with Gasteiger partial charge in [-0.05, 0) is 25.8 Å². The molecule has 0 aliphatic carbocycles. The van der Waals surface area contributed by atoms with Crippen LogP contribution >= 0.6 is 24.0 Å². The summed E-state index contributed by atoms with van der Waals surface area (Å²) in [6.45, 7) is 6.35. The van der Waals surface area contributed by atoms with Crippen LogP contribution in [-0.2, 0) is 0 Å². The third kappa shape index (κ3) is 7.37. The molecular weight excluding hydrogens is 353 g/mol. The number of aliphatic imine (C=N–C) groups is 1. The fourth-order valence-corrected chi connectivity index (χ4v) is 1.65. The largest absolute Gasteiger partial charge is 0.388 e. The van der Waals surface area contributed by atoms with Crippen molar-refractivity contribution in [1.82, 2.24) is 10.6 Å². The molecule has 0 spiro atoms. The molecule has 1 unspecified atom stereocenters. The van der Waals surface area contributed by atoms with E-state index in [-0.39, 0.29) is 24.0 Å². The van der Waals surface area contributed by atoms with Gasteiger partial charge in [-0.2, -0.15) is 0 Å². The molecule has 1 aromatic rings. The molecule has 19 heavy (non-hydrogen) atoms. The van der Waals surface area contributed by atoms with Crippen molar-refractivity contribution in [3.05, 3.63) is 35.9 Å². The van der Waals surface area contributed by atoms with Gasteiger partial charge in [0.1, 0.15) is 0 Å². The third-order valence-electron chi connectivity index (χ3n) is 2.55. The number of hydrogen-bond acceptors (Lipinski definition) is 2. The van der Waals surface area contributed by atoms with Crippen molar-refractivity contribution in [1.29, 1.82) is 0 Å². The first-order chi connectivity index (χ1) is 8.77. The van der Waals surface area contributed by atoms with E-state index in [4.69, 9.17) is 0 Å². The maximum atomic E-state index is 9.98. The first kappa shape index (κ1) is 18.2. The van der Waals surface area contributed by atoms with Gasteiger partial charge >= 0.3 is 0 Å². The van der Waals surface area contributed by atoms with E-state index in [1.54, 1.807) is 0 Å². The Hall–Kier alpha value is -0.820. The quantitative estimate of drug-likeness (QED) is 0.405. The van der Waals surface area contributed by atoms with E-state index in [1.165, 1.54) is 0 Å². The minimum Gasteiger partial charge on any atom is -0.388 e. The zero-order valence-corrected chi connectivity index (χ0v) is 13.9. The van der Waals surface area contributed by atoms with Crippen molar-refractivity contribution >= 4 is 29.9 Å². The molecule has 0 saturated carbocycles. The Labute approximate surface area is 132 Å². The molecule has 0 saturated heterocycles. The number of aliphatic hydroxyl groups is 1. The molecule has 0 aliphatic heterocycles. The van der Waals surface area contributed by atoms with E-state index in [0.29, 0.717) is 13.0 Å². The first-order valence-corrected chi connectivity index (χ1v) is 6.53. The summed E-state index contributed by atoms with van der Waals surface area (Å²) in [7, 11) is 0. The standard InChI is InChI=1S/C14H23N3O.HI/c1-3-15-14(16-4-2)17-11-10-13(18)12-8-6-5-7-9-12;/h5-9,13,18H,3-4,10-11H2,1-2H3,(H2,15,16,17);1H. The van der Waals surface area contributed by atoms with Crippen LogP contribution in [0.15, 0.2) is 35.3 Å². The number of nitrogens with zero attached hydrogens (tertiary/aromatic N) is 1. The van der Waals surface area contributed by atoms with Crippen LogP contribution in [0.3, 0.4) is 0 Å². The predicted octanol–water partition coefficient (Wildman–Crippen LogP) is 2.30. The Bertz CT molecular complexity index is 349. The predicted molar refractivity (Wildman–Crippen MR) is 91.1 cm³/mol. The topological polar surface area (TPSA) is 56.7 Å². The lowest BCUT2D eigenvalue weighted by Gasteiger charge is -2.11. The highest BCUT2D eigenvalue weighted by Crippen LogP contribution is 2.15. The van der Waals surface area contributed by atoms with Gasteiger partial charge in [-0.1, -0.05) is 30.3 Å². The lowest BCUT2D eigenvalue weighted by atomic mass is 10.1. The van der Waals surface area contributed by atoms with Crippen LogP contribution in [0.25, 0.3) is 0 Å². The second-order valence-electron chi connectivity index (χ2n) is 4.01. The second kappa shape index (κ2) is 11.0. The Kier molecular flexibility index (Phi) is 10.6. The molecule has 0 aliphatic rings. The molecule has 1 aromatic carbocycles. The van der Waals surface area contributed by atoms with Crippen molar-refractivity contribution in [2.45, 2.75) is 26.4 Å². The Balaban J connectivity index is 0.00000324. The van der Waals surface area contributed by atoms with Crippen LogP contribution in [0.2, 0.25) is 0 Å². The summed E-state index contributed by atoms with van der Waals surface area (Å²) in [5.41, 5.74) is 0.946. The highest BCUT2D eigenvalue weighted by molar-refractivity contribution is 14.0. The summed E-state index contributed by atoms with van der Waals surface area (Å²) in [5, 5.41) is 16.3. The Morgan fingerprint density at radius 2 is 1.74 bits per heavy atom. The summed E-state index contributed by atoms with van der Waals surface area (Å²) in [6.07, 6.45) is 0.184. The van der Waals surface area contributed by atoms with Crippen molar-refractivity contribution < 1.29 is 5.11 Å². The zero-order valence-electron chi connectivity index (χ0n) is 11.6. The average Bonchev–Trinajstić information content (AvgIpc) is 2.40. The minimum absolute atomic E-state index is 0. The number of aliphatic hydroxyl groups excluding tert-OH is 1. The molecule has 3 N–H and O–H groups in total. The van der Waals surface area contributed by atoms with E-state index in [0.717, 1.165) is 24.6 Å². The van der Waals surface area contributed by atoms with Gasteiger partial charge in [0.25, 0.3) is 0 Å². The summed E-state index contributed by atoms with van der Waals surface area (Å²) in [4.78, 5) is 4.40. The molecule has 0 amide bonds. The molecule has 1 rings (SSSR count). The van der Waals surface area contributed by atoms with Crippen LogP contribution in [-0.4, -0.2) is 30.7 Å². The molecule has 0 aromatic heterocycles. The second-order valence-corrected chi connectivity index (χ2v) is 4.01. The number of guanidine groups is 1. The monoisotopic (exact) mass is 377 g/mol. The fraction of sp³-hybridized carbons (Fsp3) is 0.500. The fourth-order valence-electron chi connectivity index (χ4n) is 1.65. The van der Waals surface area contributed by atoms with Gasteiger partial charge in [0, 0.05) is 19.6 Å². The molecule has 0 radical (unpaired) electrons. The van der Waals surface area contributed by atoms with E-state index in [9.17, 15) is 5.11 Å². The average molecular weight is 377 g/mol. The smallest absolute Gasteiger partial charge is 0.191 e. The number of benzene rings is 1. The van der Waals surface area contributed by atoms with Crippen LogP contribution in [0.1, 0.15) is 31.9 Å². The van der Waals surface area contributed by atoms with E-state index >= 15 is 0 Å². The maximum absolute atomic E-state index is 9.98. The highest BCUT2D eigenvalue weighted by Gasteiger charge is 2.05. The van der Waals surface area contributed by atoms with Crippen LogP contribution < -0.4 is 10.6 Å². The summed E-state index contributed by atoms with van der Waals surface area (Å²) in [6, 6.07) is 9.69. The molecule has 0 bridgehead atoms. The normalized spacial score (nSPS) is 11.1. The summed E-state index contributed by atoms with van der Waals surface area (Å²) in [5.74, 6) is 0.806. The number of rotatable bonds is 6. The lowest BCUT2D eigenvalue weighted by Crippen LogP contribution is -2.37. The van der Waals surface area contributed by atoms with Crippen molar-refractivity contribution in [3.63, 3.8) is 0 Å². The first-order valence-electron chi connectivity index (χ1n) is 6.53. The van der Waals surface area contributed by atoms with Gasteiger partial charge in [-0.3, -0.25) is 4.99 Å². The van der Waals surface area contributed by atoms with Crippen molar-refractivity contribution in [2.24, 2.45) is 4.99 Å². The summed E-state index contributed by atoms with van der Waals surface area (Å²) < 4.78 is 0. The third-order valence-corrected chi connectivity index (χ3v) is 2.55. The van der Waals surface area contributed by atoms with Crippen molar-refractivity contribution in [3.8, 4) is 0 Å². The van der Waals surface area contributed by atoms with Crippen molar-refractivity contribution in [2.75, 3.05) is 19.6 Å². The zero-order chi connectivity index (χ0) is 13.2. The van der Waals surface area contributed by atoms with Crippen LogP contribution in [0, 0.1) is 0 Å². The molecule has 1 atom stereocenters. The van der Waals surface area contributed by atoms with E-state index < -0.39 is 6.10 Å². The van der Waals surface area contributed by atoms with Gasteiger partial charge in [0.15, 0.2) is 5.96 Å². The van der Waals surface area contributed by atoms with Crippen LogP contribution in [0.4, 0.5) is 0 Å². The Morgan fingerprint density at radius 3 is 2.26 bits per heavy atom. The number of halogens is 1. The molecule has 108 valence electrons. The summed E-state index contributed by atoms with van der Waals surface area (Å²) >= 11 is 0. The van der Waals surface area contributed by atoms with Gasteiger partial charge in [0.2, 0.25) is 0 Å². The van der Waals surface area contributed by atoms with E-state index in [2.05, 4.69) is 15.6 Å². The van der Waals surface area contributed by atoms with Gasteiger partial charge in [0.05, 0.1) is 6.10 Å². The number of nitrogens with one attached hydrogen (secondary N) is 2. The van der Waals surface area contributed by atoms with Gasteiger partial charge in [-0.15, -0.1) is 24.0 Å².